The molecular weight excluding hydrogens is 489 g/mol. The van der Waals surface area contributed by atoms with E-state index in [1.54, 1.807) is 22.6 Å². The van der Waals surface area contributed by atoms with Gasteiger partial charge in [-0.05, 0) is 63.6 Å². The van der Waals surface area contributed by atoms with Gasteiger partial charge in [-0.25, -0.2) is 14.2 Å². The zero-order chi connectivity index (χ0) is 27.0. The molecule has 1 saturated heterocycles. The maximum Gasteiger partial charge on any atom is 0.410 e. The third kappa shape index (κ3) is 5.31. The van der Waals surface area contributed by atoms with Gasteiger partial charge in [0.05, 0.1) is 17.1 Å². The molecule has 38 heavy (non-hydrogen) atoms. The Hall–Kier alpha value is -4.05. The maximum atomic E-state index is 14.7. The molecule has 0 spiro atoms. The number of fused-ring (bicyclic) bond motifs is 1. The summed E-state index contributed by atoms with van der Waals surface area (Å²) in [6, 6.07) is 10.9. The van der Waals surface area contributed by atoms with E-state index in [0.29, 0.717) is 30.1 Å². The van der Waals surface area contributed by atoms with Crippen LogP contribution in [0.2, 0.25) is 0 Å². The molecule has 0 N–H and O–H groups in total. The first-order valence-corrected chi connectivity index (χ1v) is 12.3. The fourth-order valence-corrected chi connectivity index (χ4v) is 4.34. The molecule has 10 heteroatoms. The van der Waals surface area contributed by atoms with Gasteiger partial charge in [-0.3, -0.25) is 0 Å². The molecule has 3 aromatic heterocycles. The number of nitrogens with zero attached hydrogens (tertiary/aromatic N) is 5. The van der Waals surface area contributed by atoms with Crippen LogP contribution in [0.5, 0.6) is 5.75 Å². The quantitative estimate of drug-likeness (QED) is 0.323. The van der Waals surface area contributed by atoms with Crippen LogP contribution >= 0.6 is 0 Å². The second-order valence-electron chi connectivity index (χ2n) is 10.4. The lowest BCUT2D eigenvalue weighted by Crippen LogP contribution is -2.50. The van der Waals surface area contributed by atoms with E-state index in [4.69, 9.17) is 14.2 Å². The van der Waals surface area contributed by atoms with Gasteiger partial charge in [0.15, 0.2) is 18.3 Å². The number of hydrogen-bond acceptors (Lipinski definition) is 7. The Balaban J connectivity index is 1.36. The molecule has 0 atom stereocenters. The number of imidazole rings is 1. The number of methoxy groups -OCH3 is 1. The summed E-state index contributed by atoms with van der Waals surface area (Å²) in [4.78, 5) is 18.1. The highest BCUT2D eigenvalue weighted by Crippen LogP contribution is 2.35. The fraction of sp³-hybridized carbons (Fsp3) is 0.357. The Morgan fingerprint density at radius 3 is 2.55 bits per heavy atom. The smallest absolute Gasteiger partial charge is 0.410 e. The van der Waals surface area contributed by atoms with E-state index in [-0.39, 0.29) is 24.5 Å². The Morgan fingerprint density at radius 2 is 1.87 bits per heavy atom. The number of aromatic nitrogens is 4. The van der Waals surface area contributed by atoms with Crippen LogP contribution in [0.1, 0.15) is 38.1 Å². The molecule has 4 aromatic rings. The number of benzene rings is 1. The number of likely N-dealkylation sites (tertiary alicyclic amines) is 1. The van der Waals surface area contributed by atoms with Crippen LogP contribution in [0.15, 0.2) is 48.8 Å². The summed E-state index contributed by atoms with van der Waals surface area (Å²) < 4.78 is 32.8. The molecule has 0 bridgehead atoms. The van der Waals surface area contributed by atoms with E-state index in [2.05, 4.69) is 15.2 Å². The van der Waals surface area contributed by atoms with Crippen molar-refractivity contribution in [1.82, 2.24) is 24.5 Å². The molecule has 1 fully saturated rings. The van der Waals surface area contributed by atoms with Crippen LogP contribution < -0.4 is 4.74 Å². The van der Waals surface area contributed by atoms with E-state index in [9.17, 15) is 9.18 Å². The number of pyridine rings is 1. The highest BCUT2D eigenvalue weighted by atomic mass is 19.1. The molecule has 198 valence electrons. The summed E-state index contributed by atoms with van der Waals surface area (Å²) in [7, 11) is 1.54. The first-order chi connectivity index (χ1) is 18.1. The van der Waals surface area contributed by atoms with Crippen molar-refractivity contribution >= 4 is 11.7 Å². The Bertz CT molecular complexity index is 1470. The van der Waals surface area contributed by atoms with Crippen molar-refractivity contribution < 1.29 is 23.4 Å². The second kappa shape index (κ2) is 10.0. The van der Waals surface area contributed by atoms with E-state index in [1.807, 2.05) is 64.2 Å². The number of ether oxygens (including phenoxy) is 3. The molecule has 1 aliphatic rings. The van der Waals surface area contributed by atoms with Crippen molar-refractivity contribution in [2.45, 2.75) is 39.2 Å². The van der Waals surface area contributed by atoms with Crippen molar-refractivity contribution in [2.24, 2.45) is 0 Å². The summed E-state index contributed by atoms with van der Waals surface area (Å²) in [6.45, 7) is 8.49. The zero-order valence-corrected chi connectivity index (χ0v) is 22.1. The van der Waals surface area contributed by atoms with Gasteiger partial charge >= 0.3 is 6.09 Å². The molecule has 1 aromatic carbocycles. The highest BCUT2D eigenvalue weighted by Gasteiger charge is 2.35. The van der Waals surface area contributed by atoms with Crippen molar-refractivity contribution in [1.29, 1.82) is 0 Å². The lowest BCUT2D eigenvalue weighted by Gasteiger charge is -2.39. The van der Waals surface area contributed by atoms with Gasteiger partial charge in [0.25, 0.3) is 0 Å². The molecule has 0 saturated carbocycles. The minimum atomic E-state index is -0.527. The predicted molar refractivity (Wildman–Crippen MR) is 139 cm³/mol. The van der Waals surface area contributed by atoms with Crippen molar-refractivity contribution in [3.05, 3.63) is 66.0 Å². The largest absolute Gasteiger partial charge is 0.467 e. The molecule has 1 amide bonds. The average Bonchev–Trinajstić information content (AvgIpc) is 3.22. The fourth-order valence-electron chi connectivity index (χ4n) is 4.34. The topological polar surface area (TPSA) is 91.1 Å². The van der Waals surface area contributed by atoms with E-state index < -0.39 is 11.4 Å². The van der Waals surface area contributed by atoms with E-state index >= 15 is 0 Å². The lowest BCUT2D eigenvalue weighted by molar-refractivity contribution is 0.00780. The van der Waals surface area contributed by atoms with E-state index in [0.717, 1.165) is 22.5 Å². The Morgan fingerprint density at radius 1 is 1.08 bits per heavy atom. The number of carbonyl (C=O) groups is 1. The molecule has 4 heterocycles. The standard InChI is InChI=1S/C28H30FN5O4/c1-17-12-33-13-19(10-22(29)26(33)30-17)18-6-7-21(25(11-18)37-16-36-5)24-9-8-23(31-32-24)20-14-34(15-20)27(35)38-28(2,3)4/h6-13,20H,14-16H2,1-5H3. The first-order valence-electron chi connectivity index (χ1n) is 12.3. The van der Waals surface area contributed by atoms with Gasteiger partial charge < -0.3 is 23.5 Å². The van der Waals surface area contributed by atoms with Gasteiger partial charge in [0, 0.05) is 49.6 Å². The average molecular weight is 520 g/mol. The van der Waals surface area contributed by atoms with Crippen molar-refractivity contribution in [3.63, 3.8) is 0 Å². The molecular formula is C28H30FN5O4. The summed E-state index contributed by atoms with van der Waals surface area (Å²) >= 11 is 0. The summed E-state index contributed by atoms with van der Waals surface area (Å²) in [5.41, 5.74) is 4.12. The number of hydrogen-bond donors (Lipinski definition) is 0. The van der Waals surface area contributed by atoms with Gasteiger partial charge in [0.2, 0.25) is 0 Å². The van der Waals surface area contributed by atoms with Crippen molar-refractivity contribution in [3.8, 4) is 28.1 Å². The summed E-state index contributed by atoms with van der Waals surface area (Å²) in [5.74, 6) is 0.238. The maximum absolute atomic E-state index is 14.7. The summed E-state index contributed by atoms with van der Waals surface area (Å²) in [6.07, 6.45) is 3.30. The van der Waals surface area contributed by atoms with Gasteiger partial charge in [-0.2, -0.15) is 10.2 Å². The van der Waals surface area contributed by atoms with Gasteiger partial charge in [0.1, 0.15) is 11.4 Å². The summed E-state index contributed by atoms with van der Waals surface area (Å²) in [5, 5.41) is 8.85. The van der Waals surface area contributed by atoms with E-state index in [1.165, 1.54) is 6.07 Å². The normalized spacial score (nSPS) is 14.0. The molecule has 5 rings (SSSR count). The predicted octanol–water partition coefficient (Wildman–Crippen LogP) is 5.22. The number of halogens is 1. The SMILES string of the molecule is COCOc1cc(-c2cc(F)c3nc(C)cn3c2)ccc1-c1ccc(C2CN(C(=O)OC(C)(C)C)C2)nn1. The molecule has 1 aliphatic heterocycles. The van der Waals surface area contributed by atoms with Crippen LogP contribution in [0.3, 0.4) is 0 Å². The highest BCUT2D eigenvalue weighted by molar-refractivity contribution is 5.75. The van der Waals surface area contributed by atoms with Gasteiger partial charge in [-0.15, -0.1) is 0 Å². The third-order valence-corrected chi connectivity index (χ3v) is 6.19. The van der Waals surface area contributed by atoms with Crippen molar-refractivity contribution in [2.75, 3.05) is 27.0 Å². The minimum Gasteiger partial charge on any atom is -0.467 e. The minimum absolute atomic E-state index is 0.0403. The molecule has 9 nitrogen and oxygen atoms in total. The number of amides is 1. The van der Waals surface area contributed by atoms with Crippen LogP contribution in [0.4, 0.5) is 9.18 Å². The monoisotopic (exact) mass is 519 g/mol. The third-order valence-electron chi connectivity index (χ3n) is 6.19. The van der Waals surface area contributed by atoms with Crippen LogP contribution in [0, 0.1) is 12.7 Å². The van der Waals surface area contributed by atoms with Crippen LogP contribution in [-0.2, 0) is 9.47 Å². The Kier molecular flexibility index (Phi) is 6.75. The van der Waals surface area contributed by atoms with Crippen LogP contribution in [-0.4, -0.2) is 63.2 Å². The Labute approximate surface area is 220 Å². The van der Waals surface area contributed by atoms with Gasteiger partial charge in [-0.1, -0.05) is 6.07 Å². The zero-order valence-electron chi connectivity index (χ0n) is 22.1. The second-order valence-corrected chi connectivity index (χ2v) is 10.4. The number of carbonyl (C=O) groups excluding carboxylic acids is 1. The van der Waals surface area contributed by atoms with Crippen LogP contribution in [0.25, 0.3) is 28.0 Å². The number of rotatable bonds is 6. The molecule has 0 radical (unpaired) electrons. The first kappa shape index (κ1) is 25.6. The molecule has 0 unspecified atom stereocenters. The molecule has 0 aliphatic carbocycles. The number of aryl methyl sites for hydroxylation is 1. The lowest BCUT2D eigenvalue weighted by atomic mass is 9.96.